The van der Waals surface area contributed by atoms with Crippen LogP contribution in [-0.2, 0) is 11.2 Å². The van der Waals surface area contributed by atoms with E-state index in [1.807, 2.05) is 54.6 Å². The van der Waals surface area contributed by atoms with Crippen LogP contribution in [0.15, 0.2) is 59.0 Å². The third kappa shape index (κ3) is 4.92. The Morgan fingerprint density at radius 2 is 2.00 bits per heavy atom. The molecular formula is C29H25ClN2O5. The number of fused-ring (bicyclic) bond motifs is 2. The second-order valence-corrected chi connectivity index (χ2v) is 9.29. The summed E-state index contributed by atoms with van der Waals surface area (Å²) in [6.45, 7) is 0.502. The minimum absolute atomic E-state index is 0.00329. The first-order chi connectivity index (χ1) is 18.0. The Morgan fingerprint density at radius 3 is 2.78 bits per heavy atom. The number of halogens is 1. The number of benzene rings is 3. The number of aliphatic carboxylic acids is 1. The molecule has 8 heteroatoms. The van der Waals surface area contributed by atoms with Crippen LogP contribution >= 0.6 is 11.6 Å². The maximum absolute atomic E-state index is 10.9. The Labute approximate surface area is 218 Å². The van der Waals surface area contributed by atoms with Gasteiger partial charge in [0.05, 0.1) is 23.6 Å². The standard InChI is InChI=1S/C29H25ClN2O5/c30-28-20(17-3-1-4-19(13-17)36-12-11-33)5-2-6-22(28)26-15-18-14-23-21(24(16-31)29(18)37-26)7-8-25(23)32-10-9-27(34)35/h1-6,13-15,25,32-33H,7-12H2,(H,34,35). The molecule has 1 aliphatic rings. The van der Waals surface area contributed by atoms with E-state index >= 15 is 0 Å². The van der Waals surface area contributed by atoms with Crippen LogP contribution in [0.1, 0.15) is 35.6 Å². The quantitative estimate of drug-likeness (QED) is 0.261. The van der Waals surface area contributed by atoms with Gasteiger partial charge >= 0.3 is 5.97 Å². The Hall–Kier alpha value is -3.83. The fourth-order valence-corrected chi connectivity index (χ4v) is 5.27. The molecule has 1 atom stereocenters. The van der Waals surface area contributed by atoms with Gasteiger partial charge in [0.15, 0.2) is 5.58 Å². The Balaban J connectivity index is 1.52. The van der Waals surface area contributed by atoms with E-state index in [4.69, 9.17) is 31.0 Å². The first-order valence-electron chi connectivity index (χ1n) is 12.1. The molecule has 0 spiro atoms. The Kier molecular flexibility index (Phi) is 7.15. The SMILES string of the molecule is N#Cc1c2c(cc3cc(-c4cccc(-c5cccc(OCCO)c5)c4Cl)oc13)C(NCCC(=O)O)CC2. The van der Waals surface area contributed by atoms with Crippen molar-refractivity contribution in [3.05, 3.63) is 76.3 Å². The van der Waals surface area contributed by atoms with Gasteiger partial charge in [0.1, 0.15) is 24.2 Å². The molecule has 0 saturated carbocycles. The summed E-state index contributed by atoms with van der Waals surface area (Å²) >= 11 is 6.88. The zero-order chi connectivity index (χ0) is 25.9. The number of furan rings is 1. The molecule has 37 heavy (non-hydrogen) atoms. The molecule has 3 N–H and O–H groups in total. The minimum atomic E-state index is -0.845. The molecule has 0 fully saturated rings. The van der Waals surface area contributed by atoms with E-state index in [-0.39, 0.29) is 25.7 Å². The first kappa shape index (κ1) is 24.8. The first-order valence-corrected chi connectivity index (χ1v) is 12.5. The molecular weight excluding hydrogens is 492 g/mol. The van der Waals surface area contributed by atoms with Crippen molar-refractivity contribution in [2.24, 2.45) is 0 Å². The number of carboxylic acids is 1. The van der Waals surface area contributed by atoms with Crippen LogP contribution in [-0.4, -0.2) is 35.9 Å². The van der Waals surface area contributed by atoms with Gasteiger partial charge in [-0.1, -0.05) is 35.9 Å². The number of rotatable bonds is 9. The summed E-state index contributed by atoms with van der Waals surface area (Å²) in [6, 6.07) is 19.4. The Bertz CT molecular complexity index is 1520. The van der Waals surface area contributed by atoms with Crippen molar-refractivity contribution in [2.75, 3.05) is 19.8 Å². The number of aliphatic hydroxyl groups is 1. The maximum Gasteiger partial charge on any atom is 0.304 e. The van der Waals surface area contributed by atoms with Crippen LogP contribution in [0, 0.1) is 11.3 Å². The lowest BCUT2D eigenvalue weighted by Crippen LogP contribution is -2.22. The summed E-state index contributed by atoms with van der Waals surface area (Å²) in [4.78, 5) is 10.9. The zero-order valence-electron chi connectivity index (χ0n) is 20.0. The number of hydrogen-bond donors (Lipinski definition) is 3. The van der Waals surface area contributed by atoms with E-state index in [2.05, 4.69) is 11.4 Å². The summed E-state index contributed by atoms with van der Waals surface area (Å²) in [5.74, 6) is 0.350. The third-order valence-corrected chi connectivity index (χ3v) is 7.03. The van der Waals surface area contributed by atoms with Gasteiger partial charge < -0.3 is 24.7 Å². The molecule has 3 aromatic carbocycles. The molecule has 0 amide bonds. The average molecular weight is 517 g/mol. The topological polar surface area (TPSA) is 116 Å². The van der Waals surface area contributed by atoms with Crippen LogP contribution in [0.2, 0.25) is 5.02 Å². The van der Waals surface area contributed by atoms with Gasteiger partial charge in [0, 0.05) is 29.1 Å². The number of aliphatic hydroxyl groups excluding tert-OH is 1. The van der Waals surface area contributed by atoms with Crippen LogP contribution in [0.25, 0.3) is 33.4 Å². The number of hydrogen-bond acceptors (Lipinski definition) is 6. The number of ether oxygens (including phenoxy) is 1. The normalized spacial score (nSPS) is 14.5. The van der Waals surface area contributed by atoms with Crippen molar-refractivity contribution >= 4 is 28.5 Å². The van der Waals surface area contributed by atoms with Crippen molar-refractivity contribution < 1.29 is 24.2 Å². The van der Waals surface area contributed by atoms with Crippen LogP contribution in [0.5, 0.6) is 5.75 Å². The Morgan fingerprint density at radius 1 is 1.19 bits per heavy atom. The van der Waals surface area contributed by atoms with E-state index in [1.165, 1.54) is 0 Å². The maximum atomic E-state index is 10.9. The fourth-order valence-electron chi connectivity index (χ4n) is 4.95. The smallest absolute Gasteiger partial charge is 0.304 e. The van der Waals surface area contributed by atoms with Crippen molar-refractivity contribution in [3.8, 4) is 34.3 Å². The molecule has 1 unspecified atom stereocenters. The number of nitriles is 1. The molecule has 7 nitrogen and oxygen atoms in total. The van der Waals surface area contributed by atoms with Gasteiger partial charge in [-0.3, -0.25) is 4.79 Å². The lowest BCUT2D eigenvalue weighted by Gasteiger charge is -2.13. The summed E-state index contributed by atoms with van der Waals surface area (Å²) in [5.41, 5.74) is 5.39. The van der Waals surface area contributed by atoms with Crippen molar-refractivity contribution in [2.45, 2.75) is 25.3 Å². The molecule has 0 bridgehead atoms. The number of carbonyl (C=O) groups is 1. The predicted octanol–water partition coefficient (Wildman–Crippen LogP) is 5.71. The van der Waals surface area contributed by atoms with Crippen LogP contribution in [0.4, 0.5) is 0 Å². The van der Waals surface area contributed by atoms with E-state index < -0.39 is 5.97 Å². The monoisotopic (exact) mass is 516 g/mol. The second-order valence-electron chi connectivity index (χ2n) is 8.92. The van der Waals surface area contributed by atoms with Crippen molar-refractivity contribution in [1.29, 1.82) is 5.26 Å². The number of nitrogens with zero attached hydrogens (tertiary/aromatic N) is 1. The summed E-state index contributed by atoms with van der Waals surface area (Å²) in [5, 5.41) is 32.6. The lowest BCUT2D eigenvalue weighted by molar-refractivity contribution is -0.136. The molecule has 188 valence electrons. The predicted molar refractivity (Wildman–Crippen MR) is 141 cm³/mol. The molecule has 0 saturated heterocycles. The molecule has 0 radical (unpaired) electrons. The van der Waals surface area contributed by atoms with Gasteiger partial charge in [-0.15, -0.1) is 0 Å². The molecule has 1 aliphatic carbocycles. The fraction of sp³-hybridized carbons (Fsp3) is 0.241. The highest BCUT2D eigenvalue weighted by Gasteiger charge is 2.28. The molecule has 5 rings (SSSR count). The van der Waals surface area contributed by atoms with Crippen LogP contribution in [0.3, 0.4) is 0 Å². The van der Waals surface area contributed by atoms with Gasteiger partial charge in [0.2, 0.25) is 0 Å². The van der Waals surface area contributed by atoms with E-state index in [0.717, 1.165) is 40.5 Å². The summed E-state index contributed by atoms with van der Waals surface area (Å²) in [6.07, 6.45) is 1.57. The minimum Gasteiger partial charge on any atom is -0.491 e. The van der Waals surface area contributed by atoms with Crippen molar-refractivity contribution in [3.63, 3.8) is 0 Å². The van der Waals surface area contributed by atoms with E-state index in [0.29, 0.717) is 39.8 Å². The second kappa shape index (κ2) is 10.7. The molecule has 0 aliphatic heterocycles. The highest BCUT2D eigenvalue weighted by molar-refractivity contribution is 6.36. The number of nitrogens with one attached hydrogen (secondary N) is 1. The van der Waals surface area contributed by atoms with Gasteiger partial charge in [-0.05, 0) is 59.9 Å². The summed E-state index contributed by atoms with van der Waals surface area (Å²) < 4.78 is 11.8. The van der Waals surface area contributed by atoms with Gasteiger partial charge in [-0.25, -0.2) is 0 Å². The highest BCUT2D eigenvalue weighted by atomic mass is 35.5. The van der Waals surface area contributed by atoms with Gasteiger partial charge in [-0.2, -0.15) is 5.26 Å². The van der Waals surface area contributed by atoms with E-state index in [9.17, 15) is 10.1 Å². The largest absolute Gasteiger partial charge is 0.491 e. The number of carboxylic acid groups (broad SMARTS) is 1. The third-order valence-electron chi connectivity index (χ3n) is 6.62. The summed E-state index contributed by atoms with van der Waals surface area (Å²) in [7, 11) is 0. The van der Waals surface area contributed by atoms with Gasteiger partial charge in [0.25, 0.3) is 0 Å². The molecule has 1 aromatic heterocycles. The zero-order valence-corrected chi connectivity index (χ0v) is 20.7. The van der Waals surface area contributed by atoms with Crippen LogP contribution < -0.4 is 10.1 Å². The molecule has 4 aromatic rings. The molecule has 1 heterocycles. The average Bonchev–Trinajstić information content (AvgIpc) is 3.50. The highest BCUT2D eigenvalue weighted by Crippen LogP contribution is 2.43. The van der Waals surface area contributed by atoms with Crippen molar-refractivity contribution in [1.82, 2.24) is 5.32 Å². The lowest BCUT2D eigenvalue weighted by atomic mass is 9.99. The van der Waals surface area contributed by atoms with E-state index in [1.54, 1.807) is 0 Å².